The number of esters is 1. The van der Waals surface area contributed by atoms with E-state index in [0.29, 0.717) is 12.1 Å². The Hall–Kier alpha value is -2.79. The first-order valence-corrected chi connectivity index (χ1v) is 10.3. The van der Waals surface area contributed by atoms with Gasteiger partial charge < -0.3 is 19.7 Å². The van der Waals surface area contributed by atoms with Crippen molar-refractivity contribution < 1.29 is 27.8 Å². The largest absolute Gasteiger partial charge is 0.471 e. The number of unbranched alkanes of at least 4 members (excludes halogenated alkanes) is 1. The van der Waals surface area contributed by atoms with Crippen molar-refractivity contribution in [3.05, 3.63) is 40.5 Å². The third-order valence-corrected chi connectivity index (χ3v) is 4.98. The topological polar surface area (TPSA) is 92.8 Å². The monoisotopic (exact) mass is 456 g/mol. The number of aryl methyl sites for hydroxylation is 1. The molecule has 0 spiro atoms. The highest BCUT2D eigenvalue weighted by atomic mass is 32.1. The standard InChI is InChI=1S/C20H26F2N4O4S/c1-12-9-14(21)13(15(22)10-12)11-30-17-16(19(27)29-4)18(31-25-17)24-20(28)23-7-5-6-8-26(2)3/h9-10H,5-8,11H2,1-4H3,(H2,23,24,28). The van der Waals surface area contributed by atoms with Gasteiger partial charge in [-0.1, -0.05) is 0 Å². The molecule has 1 aromatic carbocycles. The number of nitrogens with zero attached hydrogens (tertiary/aromatic N) is 2. The summed E-state index contributed by atoms with van der Waals surface area (Å²) in [5.41, 5.74) is 0.0180. The Labute approximate surface area is 183 Å². The summed E-state index contributed by atoms with van der Waals surface area (Å²) in [7, 11) is 5.11. The maximum Gasteiger partial charge on any atom is 0.346 e. The summed E-state index contributed by atoms with van der Waals surface area (Å²) in [4.78, 5) is 26.4. The lowest BCUT2D eigenvalue weighted by Gasteiger charge is -2.10. The molecule has 2 rings (SSSR count). The predicted molar refractivity (Wildman–Crippen MR) is 114 cm³/mol. The number of rotatable bonds is 10. The fourth-order valence-corrected chi connectivity index (χ4v) is 3.37. The lowest BCUT2D eigenvalue weighted by Crippen LogP contribution is -2.30. The molecule has 0 aliphatic carbocycles. The summed E-state index contributed by atoms with van der Waals surface area (Å²) in [5, 5.41) is 5.34. The van der Waals surface area contributed by atoms with Crippen LogP contribution in [0.4, 0.5) is 18.6 Å². The zero-order chi connectivity index (χ0) is 23.0. The second-order valence-corrected chi connectivity index (χ2v) is 7.84. The molecule has 31 heavy (non-hydrogen) atoms. The first-order valence-electron chi connectivity index (χ1n) is 9.57. The van der Waals surface area contributed by atoms with Crippen LogP contribution in [-0.2, 0) is 11.3 Å². The average Bonchev–Trinajstić information content (AvgIpc) is 3.08. The van der Waals surface area contributed by atoms with E-state index in [1.54, 1.807) is 6.92 Å². The number of carbonyl (C=O) groups excluding carboxylic acids is 2. The van der Waals surface area contributed by atoms with E-state index in [-0.39, 0.29) is 22.0 Å². The minimum Gasteiger partial charge on any atom is -0.471 e. The molecule has 8 nitrogen and oxygen atoms in total. The zero-order valence-corrected chi connectivity index (χ0v) is 18.7. The van der Waals surface area contributed by atoms with Crippen molar-refractivity contribution in [2.24, 2.45) is 0 Å². The normalized spacial score (nSPS) is 10.8. The van der Waals surface area contributed by atoms with Gasteiger partial charge in [0.15, 0.2) is 5.56 Å². The van der Waals surface area contributed by atoms with Gasteiger partial charge >= 0.3 is 12.0 Å². The van der Waals surface area contributed by atoms with Gasteiger partial charge in [0.25, 0.3) is 0 Å². The van der Waals surface area contributed by atoms with Crippen LogP contribution in [0.15, 0.2) is 12.1 Å². The molecule has 0 aliphatic heterocycles. The van der Waals surface area contributed by atoms with Gasteiger partial charge in [0, 0.05) is 6.54 Å². The molecule has 2 aromatic rings. The fourth-order valence-electron chi connectivity index (χ4n) is 2.65. The van der Waals surface area contributed by atoms with Crippen molar-refractivity contribution in [2.45, 2.75) is 26.4 Å². The molecule has 1 heterocycles. The summed E-state index contributed by atoms with van der Waals surface area (Å²) >= 11 is 0.800. The molecule has 0 unspecified atom stereocenters. The minimum atomic E-state index is -0.796. The highest BCUT2D eigenvalue weighted by molar-refractivity contribution is 7.11. The second kappa shape index (κ2) is 11.6. The van der Waals surface area contributed by atoms with E-state index in [0.717, 1.165) is 38.0 Å². The summed E-state index contributed by atoms with van der Waals surface area (Å²) < 4.78 is 42.2. The fraction of sp³-hybridized carbons (Fsp3) is 0.450. The number of hydrogen-bond donors (Lipinski definition) is 2. The summed E-state index contributed by atoms with van der Waals surface area (Å²) in [5.74, 6) is -2.51. The molecular weight excluding hydrogens is 430 g/mol. The van der Waals surface area contributed by atoms with E-state index >= 15 is 0 Å². The molecule has 0 radical (unpaired) electrons. The van der Waals surface area contributed by atoms with Crippen molar-refractivity contribution in [3.63, 3.8) is 0 Å². The van der Waals surface area contributed by atoms with E-state index in [2.05, 4.69) is 19.9 Å². The Morgan fingerprint density at radius 2 is 1.87 bits per heavy atom. The van der Waals surface area contributed by atoms with Crippen molar-refractivity contribution in [3.8, 4) is 5.88 Å². The Balaban J connectivity index is 2.04. The number of anilines is 1. The number of urea groups is 1. The van der Waals surface area contributed by atoms with Gasteiger partial charge in [-0.15, -0.1) is 0 Å². The van der Waals surface area contributed by atoms with Crippen LogP contribution in [0.25, 0.3) is 0 Å². The molecule has 0 saturated carbocycles. The molecule has 0 fully saturated rings. The first kappa shape index (κ1) is 24.5. The SMILES string of the molecule is COC(=O)c1c(OCc2c(F)cc(C)cc2F)nsc1NC(=O)NCCCCN(C)C. The van der Waals surface area contributed by atoms with Gasteiger partial charge in [-0.25, -0.2) is 18.4 Å². The van der Waals surface area contributed by atoms with Crippen LogP contribution in [0, 0.1) is 18.6 Å². The van der Waals surface area contributed by atoms with Crippen molar-refractivity contribution in [1.29, 1.82) is 0 Å². The molecule has 0 aliphatic rings. The highest BCUT2D eigenvalue weighted by Gasteiger charge is 2.25. The summed E-state index contributed by atoms with van der Waals surface area (Å²) in [6, 6.07) is 1.85. The number of ether oxygens (including phenoxy) is 2. The molecule has 0 atom stereocenters. The maximum atomic E-state index is 14.0. The van der Waals surface area contributed by atoms with Crippen LogP contribution >= 0.6 is 11.5 Å². The number of halogens is 2. The summed E-state index contributed by atoms with van der Waals surface area (Å²) in [6.07, 6.45) is 1.71. The quantitative estimate of drug-likeness (QED) is 0.420. The number of carbonyl (C=O) groups is 2. The van der Waals surface area contributed by atoms with E-state index in [1.165, 1.54) is 12.1 Å². The van der Waals surface area contributed by atoms with Crippen molar-refractivity contribution in [2.75, 3.05) is 39.6 Å². The van der Waals surface area contributed by atoms with Gasteiger partial charge in [0.05, 0.1) is 12.7 Å². The Morgan fingerprint density at radius 1 is 1.19 bits per heavy atom. The Morgan fingerprint density at radius 3 is 2.48 bits per heavy atom. The highest BCUT2D eigenvalue weighted by Crippen LogP contribution is 2.32. The van der Waals surface area contributed by atoms with Gasteiger partial charge in [0.2, 0.25) is 5.88 Å². The van der Waals surface area contributed by atoms with Gasteiger partial charge in [0.1, 0.15) is 23.2 Å². The molecule has 1 aromatic heterocycles. The number of methoxy groups -OCH3 is 1. The number of aromatic nitrogens is 1. The number of hydrogen-bond acceptors (Lipinski definition) is 7. The Kier molecular flexibility index (Phi) is 9.13. The second-order valence-electron chi connectivity index (χ2n) is 7.07. The lowest BCUT2D eigenvalue weighted by atomic mass is 10.1. The van der Waals surface area contributed by atoms with Gasteiger partial charge in [-0.3, -0.25) is 5.32 Å². The average molecular weight is 457 g/mol. The van der Waals surface area contributed by atoms with E-state index in [9.17, 15) is 18.4 Å². The van der Waals surface area contributed by atoms with E-state index in [1.807, 2.05) is 14.1 Å². The molecule has 0 saturated heterocycles. The minimum absolute atomic E-state index is 0.109. The number of benzene rings is 1. The maximum absolute atomic E-state index is 14.0. The zero-order valence-electron chi connectivity index (χ0n) is 17.9. The van der Waals surface area contributed by atoms with Crippen LogP contribution in [0.5, 0.6) is 5.88 Å². The van der Waals surface area contributed by atoms with Crippen LogP contribution in [0.3, 0.4) is 0 Å². The molecule has 11 heteroatoms. The van der Waals surface area contributed by atoms with Crippen LogP contribution in [-0.4, -0.2) is 55.6 Å². The van der Waals surface area contributed by atoms with E-state index in [4.69, 9.17) is 9.47 Å². The smallest absolute Gasteiger partial charge is 0.346 e. The van der Waals surface area contributed by atoms with Crippen LogP contribution < -0.4 is 15.4 Å². The van der Waals surface area contributed by atoms with Crippen LogP contribution in [0.2, 0.25) is 0 Å². The van der Waals surface area contributed by atoms with Gasteiger partial charge in [-0.05, 0) is 69.6 Å². The molecule has 0 bridgehead atoms. The third-order valence-electron chi connectivity index (χ3n) is 4.23. The summed E-state index contributed by atoms with van der Waals surface area (Å²) in [6.45, 7) is 2.45. The van der Waals surface area contributed by atoms with Gasteiger partial charge in [-0.2, -0.15) is 4.37 Å². The molecule has 2 amide bonds. The van der Waals surface area contributed by atoms with E-state index < -0.39 is 30.2 Å². The predicted octanol–water partition coefficient (Wildman–Crippen LogP) is 3.56. The number of nitrogens with one attached hydrogen (secondary N) is 2. The number of amides is 2. The van der Waals surface area contributed by atoms with Crippen LogP contribution in [0.1, 0.15) is 34.3 Å². The molecule has 2 N–H and O–H groups in total. The first-order chi connectivity index (χ1) is 14.7. The van der Waals surface area contributed by atoms with Crippen molar-refractivity contribution in [1.82, 2.24) is 14.6 Å². The van der Waals surface area contributed by atoms with Crippen molar-refractivity contribution >= 4 is 28.5 Å². The molecule has 170 valence electrons. The molecular formula is C20H26F2N4O4S. The third kappa shape index (κ3) is 7.14. The lowest BCUT2D eigenvalue weighted by molar-refractivity contribution is 0.0596. The Bertz CT molecular complexity index is 898.